The number of nitrogens with one attached hydrogen (secondary N) is 3. The Balaban J connectivity index is 1.96. The topological polar surface area (TPSA) is 130 Å². The van der Waals surface area contributed by atoms with Gasteiger partial charge in [-0.3, -0.25) is 20.2 Å². The van der Waals surface area contributed by atoms with Crippen molar-refractivity contribution in [3.63, 3.8) is 0 Å². The van der Waals surface area contributed by atoms with E-state index in [2.05, 4.69) is 15.4 Å². The van der Waals surface area contributed by atoms with Crippen LogP contribution >= 0.6 is 12.2 Å². The highest BCUT2D eigenvalue weighted by Crippen LogP contribution is 2.16. The number of nitrogens with zero attached hydrogens (tertiary/aromatic N) is 1. The van der Waals surface area contributed by atoms with Crippen LogP contribution in [0.15, 0.2) is 59.5 Å². The van der Waals surface area contributed by atoms with Gasteiger partial charge in [-0.2, -0.15) is 0 Å². The summed E-state index contributed by atoms with van der Waals surface area (Å²) in [6.07, 6.45) is 2.62. The molecular formula is C20H22N4O5S2. The molecule has 11 heteroatoms. The van der Waals surface area contributed by atoms with E-state index in [0.29, 0.717) is 11.3 Å². The second kappa shape index (κ2) is 9.77. The number of nitro benzene ring substituents is 1. The molecule has 0 bridgehead atoms. The third kappa shape index (κ3) is 7.89. The number of sulfonamides is 1. The first kappa shape index (κ1) is 24.1. The van der Waals surface area contributed by atoms with Gasteiger partial charge < -0.3 is 5.32 Å². The number of benzene rings is 2. The molecule has 0 heterocycles. The largest absolute Gasteiger partial charge is 0.332 e. The first-order chi connectivity index (χ1) is 14.4. The van der Waals surface area contributed by atoms with E-state index in [4.69, 9.17) is 12.2 Å². The summed E-state index contributed by atoms with van der Waals surface area (Å²) in [6, 6.07) is 11.7. The zero-order chi connectivity index (χ0) is 23.2. The van der Waals surface area contributed by atoms with Gasteiger partial charge in [0.1, 0.15) is 0 Å². The van der Waals surface area contributed by atoms with E-state index in [9.17, 15) is 23.3 Å². The van der Waals surface area contributed by atoms with Crippen molar-refractivity contribution in [2.75, 3.05) is 5.32 Å². The summed E-state index contributed by atoms with van der Waals surface area (Å²) < 4.78 is 27.2. The Hall–Kier alpha value is -3.15. The molecule has 2 aromatic rings. The Kier molecular flexibility index (Phi) is 7.60. The number of carbonyl (C=O) groups is 1. The lowest BCUT2D eigenvalue weighted by molar-refractivity contribution is -0.384. The summed E-state index contributed by atoms with van der Waals surface area (Å²) in [6.45, 7) is 5.24. The molecule has 0 radical (unpaired) electrons. The van der Waals surface area contributed by atoms with Crippen molar-refractivity contribution in [3.8, 4) is 0 Å². The normalized spacial score (nSPS) is 11.8. The molecule has 0 fully saturated rings. The van der Waals surface area contributed by atoms with E-state index in [1.54, 1.807) is 26.8 Å². The standard InChI is InChI=1S/C20H22N4O5S2/c1-20(2,3)23-31(28,29)17-10-8-15(9-11-17)21-19(30)22-18(25)12-7-14-5-4-6-16(13-14)24(26)27/h4-13,23H,1-3H3,(H2,21,22,25,30)/b12-7+. The summed E-state index contributed by atoms with van der Waals surface area (Å²) in [5.41, 5.74) is 0.286. The highest BCUT2D eigenvalue weighted by atomic mass is 32.2. The summed E-state index contributed by atoms with van der Waals surface area (Å²) in [5.74, 6) is -0.530. The van der Waals surface area contributed by atoms with Crippen molar-refractivity contribution in [2.45, 2.75) is 31.2 Å². The lowest BCUT2D eigenvalue weighted by atomic mass is 10.1. The van der Waals surface area contributed by atoms with Gasteiger partial charge in [0.15, 0.2) is 5.11 Å². The summed E-state index contributed by atoms with van der Waals surface area (Å²) in [7, 11) is -3.66. The minimum Gasteiger partial charge on any atom is -0.332 e. The predicted molar refractivity (Wildman–Crippen MR) is 123 cm³/mol. The number of anilines is 1. The molecule has 0 atom stereocenters. The summed E-state index contributed by atoms with van der Waals surface area (Å²) in [4.78, 5) is 22.4. The molecule has 0 aliphatic carbocycles. The van der Waals surface area contributed by atoms with Crippen LogP contribution < -0.4 is 15.4 Å². The Morgan fingerprint density at radius 3 is 2.35 bits per heavy atom. The molecule has 0 aromatic heterocycles. The van der Waals surface area contributed by atoms with E-state index in [0.717, 1.165) is 0 Å². The minimum absolute atomic E-state index is 0.0112. The smallest absolute Gasteiger partial charge is 0.270 e. The van der Waals surface area contributed by atoms with Gasteiger partial charge in [-0.05, 0) is 68.9 Å². The van der Waals surface area contributed by atoms with Crippen LogP contribution in [0.2, 0.25) is 0 Å². The Morgan fingerprint density at radius 2 is 1.77 bits per heavy atom. The molecule has 164 valence electrons. The number of rotatable bonds is 6. The second-order valence-corrected chi connectivity index (χ2v) is 9.60. The Morgan fingerprint density at radius 1 is 1.13 bits per heavy atom. The van der Waals surface area contributed by atoms with Crippen LogP contribution in [0.4, 0.5) is 11.4 Å². The highest BCUT2D eigenvalue weighted by Gasteiger charge is 2.21. The number of thiocarbonyl (C=S) groups is 1. The number of amides is 1. The molecule has 0 aliphatic rings. The molecule has 0 spiro atoms. The van der Waals surface area contributed by atoms with E-state index < -0.39 is 26.4 Å². The van der Waals surface area contributed by atoms with E-state index in [1.807, 2.05) is 0 Å². The van der Waals surface area contributed by atoms with Crippen LogP contribution in [-0.2, 0) is 14.8 Å². The van der Waals surface area contributed by atoms with E-state index in [1.165, 1.54) is 54.6 Å². The second-order valence-electron chi connectivity index (χ2n) is 7.51. The third-order valence-electron chi connectivity index (χ3n) is 3.61. The molecule has 31 heavy (non-hydrogen) atoms. The van der Waals surface area contributed by atoms with Gasteiger partial charge in [-0.15, -0.1) is 0 Å². The lowest BCUT2D eigenvalue weighted by Gasteiger charge is -2.20. The van der Waals surface area contributed by atoms with Crippen LogP contribution in [-0.4, -0.2) is 29.9 Å². The number of hydrogen-bond acceptors (Lipinski definition) is 6. The summed E-state index contributed by atoms with van der Waals surface area (Å²) >= 11 is 5.08. The molecule has 2 aromatic carbocycles. The molecular weight excluding hydrogens is 440 g/mol. The summed E-state index contributed by atoms with van der Waals surface area (Å²) in [5, 5.41) is 16.0. The Labute approximate surface area is 185 Å². The molecule has 1 amide bonds. The van der Waals surface area contributed by atoms with Gasteiger partial charge >= 0.3 is 0 Å². The minimum atomic E-state index is -3.66. The van der Waals surface area contributed by atoms with Crippen molar-refractivity contribution < 1.29 is 18.1 Å². The zero-order valence-electron chi connectivity index (χ0n) is 17.1. The molecule has 9 nitrogen and oxygen atoms in total. The monoisotopic (exact) mass is 462 g/mol. The van der Waals surface area contributed by atoms with Crippen molar-refractivity contribution in [2.24, 2.45) is 0 Å². The first-order valence-electron chi connectivity index (χ1n) is 9.04. The fraction of sp³-hybridized carbons (Fsp3) is 0.200. The highest BCUT2D eigenvalue weighted by molar-refractivity contribution is 7.89. The van der Waals surface area contributed by atoms with Crippen LogP contribution in [0.1, 0.15) is 26.3 Å². The number of non-ortho nitro benzene ring substituents is 1. The SMILES string of the molecule is CC(C)(C)NS(=O)(=O)c1ccc(NC(=S)NC(=O)/C=C/c2cccc([N+](=O)[O-])c2)cc1. The van der Waals surface area contributed by atoms with Crippen molar-refractivity contribution in [1.82, 2.24) is 10.0 Å². The van der Waals surface area contributed by atoms with Crippen LogP contribution in [0.5, 0.6) is 0 Å². The average Bonchev–Trinajstić information content (AvgIpc) is 2.65. The molecule has 0 unspecified atom stereocenters. The van der Waals surface area contributed by atoms with E-state index >= 15 is 0 Å². The van der Waals surface area contributed by atoms with Crippen LogP contribution in [0, 0.1) is 10.1 Å². The Bertz CT molecular complexity index is 1120. The molecule has 0 aliphatic heterocycles. The lowest BCUT2D eigenvalue weighted by Crippen LogP contribution is -2.40. The maximum Gasteiger partial charge on any atom is 0.270 e. The van der Waals surface area contributed by atoms with Crippen molar-refractivity contribution >= 4 is 50.7 Å². The number of nitro groups is 1. The fourth-order valence-corrected chi connectivity index (χ4v) is 4.05. The molecule has 0 saturated heterocycles. The van der Waals surface area contributed by atoms with Crippen molar-refractivity contribution in [1.29, 1.82) is 0 Å². The quantitative estimate of drug-likeness (QED) is 0.260. The number of carbonyl (C=O) groups excluding carboxylic acids is 1. The van der Waals surface area contributed by atoms with Gasteiger partial charge in [-0.25, -0.2) is 13.1 Å². The number of hydrogen-bond donors (Lipinski definition) is 3. The maximum absolute atomic E-state index is 12.3. The molecule has 3 N–H and O–H groups in total. The van der Waals surface area contributed by atoms with Gasteiger partial charge in [0.25, 0.3) is 5.69 Å². The van der Waals surface area contributed by atoms with Gasteiger partial charge in [0, 0.05) is 29.4 Å². The fourth-order valence-electron chi connectivity index (χ4n) is 2.41. The average molecular weight is 463 g/mol. The molecule has 0 saturated carbocycles. The van der Waals surface area contributed by atoms with Crippen molar-refractivity contribution in [3.05, 3.63) is 70.3 Å². The van der Waals surface area contributed by atoms with Gasteiger partial charge in [0.2, 0.25) is 15.9 Å². The van der Waals surface area contributed by atoms with Crippen LogP contribution in [0.3, 0.4) is 0 Å². The first-order valence-corrected chi connectivity index (χ1v) is 10.9. The van der Waals surface area contributed by atoms with Gasteiger partial charge in [0.05, 0.1) is 9.82 Å². The zero-order valence-corrected chi connectivity index (χ0v) is 18.7. The van der Waals surface area contributed by atoms with Crippen LogP contribution in [0.25, 0.3) is 6.08 Å². The van der Waals surface area contributed by atoms with Gasteiger partial charge in [-0.1, -0.05) is 12.1 Å². The predicted octanol–water partition coefficient (Wildman–Crippen LogP) is 3.20. The maximum atomic E-state index is 12.3. The molecule has 2 rings (SSSR count). The van der Waals surface area contributed by atoms with E-state index in [-0.39, 0.29) is 15.7 Å². The third-order valence-corrected chi connectivity index (χ3v) is 5.59.